The summed E-state index contributed by atoms with van der Waals surface area (Å²) >= 11 is 1.40. The van der Waals surface area contributed by atoms with E-state index in [1.54, 1.807) is 6.92 Å². The van der Waals surface area contributed by atoms with Gasteiger partial charge in [0.15, 0.2) is 5.13 Å². The lowest BCUT2D eigenvalue weighted by molar-refractivity contribution is -0.133. The second kappa shape index (κ2) is 9.20. The zero-order chi connectivity index (χ0) is 25.4. The van der Waals surface area contributed by atoms with Crippen molar-refractivity contribution < 1.29 is 14.4 Å². The van der Waals surface area contributed by atoms with Crippen molar-refractivity contribution in [1.82, 2.24) is 15.2 Å². The number of benzene rings is 3. The summed E-state index contributed by atoms with van der Waals surface area (Å²) in [6.07, 6.45) is 0. The van der Waals surface area contributed by atoms with Crippen LogP contribution < -0.4 is 10.6 Å². The fourth-order valence-electron chi connectivity index (χ4n) is 4.42. The monoisotopic (exact) mass is 498 g/mol. The van der Waals surface area contributed by atoms with E-state index in [2.05, 4.69) is 29.5 Å². The normalized spacial score (nSPS) is 17.6. The fraction of sp³-hybridized carbons (Fsp3) is 0.214. The first-order chi connectivity index (χ1) is 17.3. The minimum absolute atomic E-state index is 0.219. The highest BCUT2D eigenvalue weighted by Crippen LogP contribution is 2.36. The summed E-state index contributed by atoms with van der Waals surface area (Å²) in [6.45, 7) is 5.42. The number of fused-ring (bicyclic) bond motifs is 1. The summed E-state index contributed by atoms with van der Waals surface area (Å²) in [7, 11) is 0. The van der Waals surface area contributed by atoms with Gasteiger partial charge in [0, 0.05) is 10.4 Å². The van der Waals surface area contributed by atoms with Crippen LogP contribution in [0.25, 0.3) is 22.0 Å². The second-order valence-corrected chi connectivity index (χ2v) is 10.3. The lowest BCUT2D eigenvalue weighted by atomic mass is 9.90. The van der Waals surface area contributed by atoms with Gasteiger partial charge in [-0.25, -0.2) is 9.78 Å². The van der Waals surface area contributed by atoms with Crippen molar-refractivity contribution in [1.29, 1.82) is 0 Å². The van der Waals surface area contributed by atoms with Crippen LogP contribution in [0.15, 0.2) is 72.8 Å². The maximum atomic E-state index is 13.3. The number of amides is 4. The molecule has 0 radical (unpaired) electrons. The minimum atomic E-state index is -1.26. The molecule has 2 N–H and O–H groups in total. The molecular formula is C28H26N4O3S. The molecule has 0 spiro atoms. The lowest BCUT2D eigenvalue weighted by Crippen LogP contribution is -2.42. The minimum Gasteiger partial charge on any atom is -0.319 e. The van der Waals surface area contributed by atoms with E-state index >= 15 is 0 Å². The predicted octanol–water partition coefficient (Wildman–Crippen LogP) is 5.49. The topological polar surface area (TPSA) is 91.4 Å². The molecule has 1 saturated heterocycles. The Morgan fingerprint density at radius 2 is 1.72 bits per heavy atom. The van der Waals surface area contributed by atoms with Crippen molar-refractivity contribution in [3.63, 3.8) is 0 Å². The van der Waals surface area contributed by atoms with E-state index in [0.29, 0.717) is 10.7 Å². The number of carbonyl (C=O) groups excluding carboxylic acids is 3. The highest BCUT2D eigenvalue weighted by molar-refractivity contribution is 7.16. The molecule has 8 heteroatoms. The van der Waals surface area contributed by atoms with Crippen LogP contribution >= 0.6 is 11.3 Å². The van der Waals surface area contributed by atoms with E-state index in [-0.39, 0.29) is 5.92 Å². The number of nitrogens with one attached hydrogen (secondary N) is 2. The van der Waals surface area contributed by atoms with Crippen molar-refractivity contribution in [2.75, 3.05) is 11.9 Å². The molecular weight excluding hydrogens is 472 g/mol. The smallest absolute Gasteiger partial charge is 0.319 e. The number of rotatable bonds is 6. The number of hydrogen-bond acceptors (Lipinski definition) is 5. The van der Waals surface area contributed by atoms with Crippen LogP contribution in [-0.4, -0.2) is 34.3 Å². The fourth-order valence-corrected chi connectivity index (χ4v) is 5.42. The van der Waals surface area contributed by atoms with E-state index < -0.39 is 29.9 Å². The Labute approximate surface area is 213 Å². The van der Waals surface area contributed by atoms with Gasteiger partial charge >= 0.3 is 6.03 Å². The number of imide groups is 1. The van der Waals surface area contributed by atoms with E-state index in [1.807, 2.05) is 72.8 Å². The van der Waals surface area contributed by atoms with Gasteiger partial charge in [-0.1, -0.05) is 80.6 Å². The highest BCUT2D eigenvalue weighted by atomic mass is 32.1. The zero-order valence-corrected chi connectivity index (χ0v) is 21.1. The van der Waals surface area contributed by atoms with Crippen molar-refractivity contribution in [2.45, 2.75) is 32.2 Å². The molecule has 1 aromatic heterocycles. The molecule has 36 heavy (non-hydrogen) atoms. The van der Waals surface area contributed by atoms with E-state index in [1.165, 1.54) is 11.3 Å². The highest BCUT2D eigenvalue weighted by Gasteiger charge is 2.49. The molecule has 0 aliphatic carbocycles. The number of hydrogen-bond donors (Lipinski definition) is 2. The van der Waals surface area contributed by atoms with Crippen LogP contribution in [0.4, 0.5) is 9.93 Å². The van der Waals surface area contributed by atoms with E-state index in [9.17, 15) is 14.4 Å². The Morgan fingerprint density at radius 3 is 2.44 bits per heavy atom. The lowest BCUT2D eigenvalue weighted by Gasteiger charge is -2.22. The van der Waals surface area contributed by atoms with Crippen molar-refractivity contribution in [3.8, 4) is 11.3 Å². The molecule has 4 aromatic rings. The molecule has 5 rings (SSSR count). The first-order valence-corrected chi connectivity index (χ1v) is 12.6. The Bertz CT molecular complexity index is 1480. The molecule has 182 valence electrons. The van der Waals surface area contributed by atoms with Gasteiger partial charge in [-0.15, -0.1) is 11.3 Å². The summed E-state index contributed by atoms with van der Waals surface area (Å²) in [6, 6.07) is 22.7. The summed E-state index contributed by atoms with van der Waals surface area (Å²) in [4.78, 5) is 45.6. The summed E-state index contributed by atoms with van der Waals surface area (Å²) in [5.74, 6) is -0.730. The van der Waals surface area contributed by atoms with Gasteiger partial charge in [0.2, 0.25) is 5.91 Å². The van der Waals surface area contributed by atoms with Gasteiger partial charge in [-0.05, 0) is 35.2 Å². The maximum absolute atomic E-state index is 13.3. The molecule has 1 aliphatic rings. The molecule has 1 fully saturated rings. The van der Waals surface area contributed by atoms with Crippen LogP contribution in [0, 0.1) is 0 Å². The number of urea groups is 1. The van der Waals surface area contributed by atoms with Crippen LogP contribution in [0.2, 0.25) is 0 Å². The van der Waals surface area contributed by atoms with Crippen LogP contribution in [0.5, 0.6) is 0 Å². The molecule has 0 saturated carbocycles. The van der Waals surface area contributed by atoms with Gasteiger partial charge < -0.3 is 10.6 Å². The molecule has 0 bridgehead atoms. The first kappa shape index (κ1) is 23.7. The number of carbonyl (C=O) groups is 3. The number of nitrogens with zero attached hydrogens (tertiary/aromatic N) is 2. The zero-order valence-electron chi connectivity index (χ0n) is 20.2. The molecule has 1 atom stereocenters. The third-order valence-electron chi connectivity index (χ3n) is 6.37. The molecule has 3 aromatic carbocycles. The quantitative estimate of drug-likeness (QED) is 0.344. The van der Waals surface area contributed by atoms with Crippen molar-refractivity contribution in [2.24, 2.45) is 0 Å². The van der Waals surface area contributed by atoms with E-state index in [0.717, 1.165) is 31.8 Å². The SMILES string of the molecule is CC(C)c1sc(NC(=O)CN2C(=O)NC(C)(c3ccc4ccccc4c3)C2=O)nc1-c1ccccc1. The molecule has 2 heterocycles. The largest absolute Gasteiger partial charge is 0.325 e. The molecule has 1 aliphatic heterocycles. The van der Waals surface area contributed by atoms with Crippen LogP contribution in [-0.2, 0) is 15.1 Å². The van der Waals surface area contributed by atoms with Gasteiger partial charge in [-0.2, -0.15) is 0 Å². The average Bonchev–Trinajstić information content (AvgIpc) is 3.39. The summed E-state index contributed by atoms with van der Waals surface area (Å²) in [5, 5.41) is 8.00. The van der Waals surface area contributed by atoms with Crippen molar-refractivity contribution in [3.05, 3.63) is 83.2 Å². The summed E-state index contributed by atoms with van der Waals surface area (Å²) in [5.41, 5.74) is 1.20. The molecule has 1 unspecified atom stereocenters. The molecule has 7 nitrogen and oxygen atoms in total. The summed E-state index contributed by atoms with van der Waals surface area (Å²) < 4.78 is 0. The Kier molecular flexibility index (Phi) is 6.05. The third kappa shape index (κ3) is 4.24. The van der Waals surface area contributed by atoms with Gasteiger partial charge in [0.05, 0.1) is 5.69 Å². The van der Waals surface area contributed by atoms with Gasteiger partial charge in [0.25, 0.3) is 5.91 Å². The van der Waals surface area contributed by atoms with Crippen molar-refractivity contribution >= 4 is 45.1 Å². The molecule has 4 amide bonds. The van der Waals surface area contributed by atoms with Gasteiger partial charge in [-0.3, -0.25) is 14.5 Å². The van der Waals surface area contributed by atoms with Gasteiger partial charge in [0.1, 0.15) is 12.1 Å². The number of thiazole rings is 1. The average molecular weight is 499 g/mol. The standard InChI is InChI=1S/C28H26N4O3S/c1-17(2)24-23(19-10-5-4-6-11-19)30-26(36-24)29-22(33)16-32-25(34)28(3,31-27(32)35)21-14-13-18-9-7-8-12-20(18)15-21/h4-15,17H,16H2,1-3H3,(H,31,35)(H,29,30,33). The second-order valence-electron chi connectivity index (χ2n) is 9.31. The number of anilines is 1. The Hall–Kier alpha value is -4.04. The first-order valence-electron chi connectivity index (χ1n) is 11.8. The van der Waals surface area contributed by atoms with E-state index in [4.69, 9.17) is 0 Å². The number of aromatic nitrogens is 1. The predicted molar refractivity (Wildman–Crippen MR) is 142 cm³/mol. The third-order valence-corrected chi connectivity index (χ3v) is 7.65. The maximum Gasteiger partial charge on any atom is 0.325 e. The Morgan fingerprint density at radius 1 is 1.03 bits per heavy atom. The van der Waals surface area contributed by atoms with Crippen LogP contribution in [0.3, 0.4) is 0 Å². The Balaban J connectivity index is 1.34. The van der Waals surface area contributed by atoms with Crippen LogP contribution in [0.1, 0.15) is 37.1 Å².